The monoisotopic (exact) mass is 249 g/mol. The molecule has 0 saturated carbocycles. The molecule has 2 heteroatoms. The van der Waals surface area contributed by atoms with E-state index in [1.165, 1.54) is 27.8 Å². The van der Waals surface area contributed by atoms with Gasteiger partial charge in [-0.3, -0.25) is 0 Å². The van der Waals surface area contributed by atoms with Crippen molar-refractivity contribution in [1.82, 2.24) is 5.32 Å². The molecule has 0 amide bonds. The Kier molecular flexibility index (Phi) is 4.94. The molecule has 102 valence electrons. The molecular weight excluding hydrogens is 222 g/mol. The Balaban J connectivity index is 3.16. The molecule has 0 heterocycles. The molecule has 0 saturated heterocycles. The standard InChI is InChI=1S/C16H27NO/c1-9(2)17-8-15(18)16-13(6)11(4)10(3)12(5)14(16)7/h9,15,17-18H,8H2,1-7H3. The molecule has 0 aliphatic carbocycles. The fourth-order valence-corrected chi connectivity index (χ4v) is 2.48. The van der Waals surface area contributed by atoms with E-state index in [9.17, 15) is 5.11 Å². The third-order valence-electron chi connectivity index (χ3n) is 4.11. The average molecular weight is 249 g/mol. The second-order valence-electron chi connectivity index (χ2n) is 5.62. The van der Waals surface area contributed by atoms with Crippen molar-refractivity contribution in [3.63, 3.8) is 0 Å². The third-order valence-corrected chi connectivity index (χ3v) is 4.11. The second-order valence-corrected chi connectivity index (χ2v) is 5.62. The number of hydrogen-bond acceptors (Lipinski definition) is 2. The van der Waals surface area contributed by atoms with Crippen molar-refractivity contribution in [3.8, 4) is 0 Å². The molecule has 0 aliphatic rings. The number of aliphatic hydroxyl groups is 1. The van der Waals surface area contributed by atoms with E-state index in [1.54, 1.807) is 0 Å². The van der Waals surface area contributed by atoms with Crippen LogP contribution in [0.5, 0.6) is 0 Å². The Morgan fingerprint density at radius 2 is 1.22 bits per heavy atom. The van der Waals surface area contributed by atoms with Crippen LogP contribution in [-0.2, 0) is 0 Å². The molecule has 1 unspecified atom stereocenters. The summed E-state index contributed by atoms with van der Waals surface area (Å²) in [5.41, 5.74) is 7.51. The normalized spacial score (nSPS) is 13.2. The van der Waals surface area contributed by atoms with Crippen LogP contribution in [0.25, 0.3) is 0 Å². The highest BCUT2D eigenvalue weighted by Gasteiger charge is 2.18. The third kappa shape index (κ3) is 2.93. The van der Waals surface area contributed by atoms with Crippen molar-refractivity contribution >= 4 is 0 Å². The number of aliphatic hydroxyl groups excluding tert-OH is 1. The highest BCUT2D eigenvalue weighted by Crippen LogP contribution is 2.30. The Labute approximate surface area is 111 Å². The molecule has 1 atom stereocenters. The van der Waals surface area contributed by atoms with Gasteiger partial charge in [-0.05, 0) is 68.0 Å². The van der Waals surface area contributed by atoms with Crippen LogP contribution < -0.4 is 5.32 Å². The van der Waals surface area contributed by atoms with Crippen molar-refractivity contribution in [2.45, 2.75) is 60.6 Å². The summed E-state index contributed by atoms with van der Waals surface area (Å²) in [6.07, 6.45) is -0.426. The Morgan fingerprint density at radius 3 is 1.61 bits per heavy atom. The average Bonchev–Trinajstić information content (AvgIpc) is 2.31. The van der Waals surface area contributed by atoms with Crippen LogP contribution >= 0.6 is 0 Å². The van der Waals surface area contributed by atoms with Crippen LogP contribution in [0.3, 0.4) is 0 Å². The summed E-state index contributed by atoms with van der Waals surface area (Å²) in [5, 5.41) is 13.7. The lowest BCUT2D eigenvalue weighted by molar-refractivity contribution is 0.170. The topological polar surface area (TPSA) is 32.3 Å². The van der Waals surface area contributed by atoms with E-state index in [0.29, 0.717) is 12.6 Å². The van der Waals surface area contributed by atoms with Crippen LogP contribution in [0.2, 0.25) is 0 Å². The van der Waals surface area contributed by atoms with Crippen LogP contribution in [0.1, 0.15) is 53.3 Å². The highest BCUT2D eigenvalue weighted by atomic mass is 16.3. The van der Waals surface area contributed by atoms with Crippen LogP contribution in [0.4, 0.5) is 0 Å². The predicted octanol–water partition coefficient (Wildman–Crippen LogP) is 3.26. The maximum atomic E-state index is 10.4. The van der Waals surface area contributed by atoms with Gasteiger partial charge >= 0.3 is 0 Å². The van der Waals surface area contributed by atoms with Gasteiger partial charge < -0.3 is 10.4 Å². The SMILES string of the molecule is Cc1c(C)c(C)c(C(O)CNC(C)C)c(C)c1C. The summed E-state index contributed by atoms with van der Waals surface area (Å²) in [6, 6.07) is 0.396. The van der Waals surface area contributed by atoms with Gasteiger partial charge in [0.1, 0.15) is 0 Å². The van der Waals surface area contributed by atoms with Gasteiger partial charge in [0.05, 0.1) is 6.10 Å². The van der Waals surface area contributed by atoms with Crippen LogP contribution in [0, 0.1) is 34.6 Å². The van der Waals surface area contributed by atoms with Crippen molar-refractivity contribution in [2.24, 2.45) is 0 Å². The molecule has 0 spiro atoms. The quantitative estimate of drug-likeness (QED) is 0.858. The summed E-state index contributed by atoms with van der Waals surface area (Å²) in [7, 11) is 0. The molecule has 2 N–H and O–H groups in total. The van der Waals surface area contributed by atoms with Gasteiger partial charge in [0.15, 0.2) is 0 Å². The number of nitrogens with one attached hydrogen (secondary N) is 1. The van der Waals surface area contributed by atoms with E-state index < -0.39 is 6.10 Å². The fraction of sp³-hybridized carbons (Fsp3) is 0.625. The zero-order valence-corrected chi connectivity index (χ0v) is 12.8. The number of rotatable bonds is 4. The van der Waals surface area contributed by atoms with Gasteiger partial charge in [-0.15, -0.1) is 0 Å². The molecule has 0 fully saturated rings. The maximum absolute atomic E-state index is 10.4. The summed E-state index contributed by atoms with van der Waals surface area (Å²) in [5.74, 6) is 0. The first-order valence-corrected chi connectivity index (χ1v) is 6.75. The minimum absolute atomic E-state index is 0.396. The van der Waals surface area contributed by atoms with Crippen molar-refractivity contribution < 1.29 is 5.11 Å². The second kappa shape index (κ2) is 5.85. The minimum Gasteiger partial charge on any atom is -0.387 e. The maximum Gasteiger partial charge on any atom is 0.0919 e. The van der Waals surface area contributed by atoms with Gasteiger partial charge in [-0.1, -0.05) is 13.8 Å². The van der Waals surface area contributed by atoms with Gasteiger partial charge in [0, 0.05) is 12.6 Å². The van der Waals surface area contributed by atoms with Crippen LogP contribution in [-0.4, -0.2) is 17.7 Å². The van der Waals surface area contributed by atoms with Crippen molar-refractivity contribution in [3.05, 3.63) is 33.4 Å². The van der Waals surface area contributed by atoms with Gasteiger partial charge in [-0.25, -0.2) is 0 Å². The zero-order chi connectivity index (χ0) is 14.0. The molecule has 1 aromatic rings. The number of hydrogen-bond donors (Lipinski definition) is 2. The van der Waals surface area contributed by atoms with Gasteiger partial charge in [0.2, 0.25) is 0 Å². The van der Waals surface area contributed by atoms with Crippen molar-refractivity contribution in [1.29, 1.82) is 0 Å². The largest absolute Gasteiger partial charge is 0.387 e. The molecule has 2 nitrogen and oxygen atoms in total. The Bertz CT molecular complexity index is 406. The first kappa shape index (κ1) is 15.2. The van der Waals surface area contributed by atoms with E-state index in [0.717, 1.165) is 5.56 Å². The molecule has 0 aromatic heterocycles. The molecule has 0 aliphatic heterocycles. The molecule has 18 heavy (non-hydrogen) atoms. The lowest BCUT2D eigenvalue weighted by atomic mass is 9.87. The fourth-order valence-electron chi connectivity index (χ4n) is 2.48. The lowest BCUT2D eigenvalue weighted by Crippen LogP contribution is -2.28. The molecule has 1 aromatic carbocycles. The summed E-state index contributed by atoms with van der Waals surface area (Å²) < 4.78 is 0. The van der Waals surface area contributed by atoms with Crippen LogP contribution in [0.15, 0.2) is 0 Å². The molecule has 0 radical (unpaired) electrons. The van der Waals surface area contributed by atoms with E-state index >= 15 is 0 Å². The molecule has 0 bridgehead atoms. The smallest absolute Gasteiger partial charge is 0.0919 e. The lowest BCUT2D eigenvalue weighted by Gasteiger charge is -2.23. The number of benzene rings is 1. The molecular formula is C16H27NO. The summed E-state index contributed by atoms with van der Waals surface area (Å²) in [6.45, 7) is 15.5. The molecule has 1 rings (SSSR count). The first-order valence-electron chi connectivity index (χ1n) is 6.75. The van der Waals surface area contributed by atoms with E-state index in [2.05, 4.69) is 53.8 Å². The summed E-state index contributed by atoms with van der Waals surface area (Å²) in [4.78, 5) is 0. The highest BCUT2D eigenvalue weighted by molar-refractivity contribution is 5.50. The minimum atomic E-state index is -0.426. The predicted molar refractivity (Wildman–Crippen MR) is 78.2 cm³/mol. The Morgan fingerprint density at radius 1 is 0.833 bits per heavy atom. The zero-order valence-electron chi connectivity index (χ0n) is 12.8. The van der Waals surface area contributed by atoms with E-state index in [1.807, 2.05) is 0 Å². The van der Waals surface area contributed by atoms with Gasteiger partial charge in [-0.2, -0.15) is 0 Å². The Hall–Kier alpha value is -0.860. The van der Waals surface area contributed by atoms with E-state index in [4.69, 9.17) is 0 Å². The summed E-state index contributed by atoms with van der Waals surface area (Å²) >= 11 is 0. The van der Waals surface area contributed by atoms with Crippen molar-refractivity contribution in [2.75, 3.05) is 6.54 Å². The van der Waals surface area contributed by atoms with E-state index in [-0.39, 0.29) is 0 Å². The van der Waals surface area contributed by atoms with Gasteiger partial charge in [0.25, 0.3) is 0 Å². The first-order chi connectivity index (χ1) is 8.27.